The number of imidazole rings is 1. The number of fused-ring (bicyclic) bond motifs is 1. The molecule has 3 nitrogen and oxygen atoms in total. The highest BCUT2D eigenvalue weighted by atomic mass is 32.1. The first-order valence-electron chi connectivity index (χ1n) is 4.63. The van der Waals surface area contributed by atoms with Crippen LogP contribution < -0.4 is 0 Å². The molecule has 0 aliphatic heterocycles. The van der Waals surface area contributed by atoms with Crippen molar-refractivity contribution in [3.8, 4) is 0 Å². The van der Waals surface area contributed by atoms with E-state index in [1.54, 1.807) is 11.6 Å². The average molecular weight is 217 g/mol. The van der Waals surface area contributed by atoms with E-state index in [2.05, 4.69) is 27.6 Å². The van der Waals surface area contributed by atoms with Gasteiger partial charge in [0.25, 0.3) is 0 Å². The van der Waals surface area contributed by atoms with Gasteiger partial charge in [-0.15, -0.1) is 12.6 Å². The fourth-order valence-electron chi connectivity index (χ4n) is 1.37. The van der Waals surface area contributed by atoms with Crippen LogP contribution in [0.4, 0.5) is 0 Å². The molecule has 1 N–H and O–H groups in total. The Labute approximate surface area is 93.4 Å². The van der Waals surface area contributed by atoms with Crippen molar-refractivity contribution in [3.05, 3.63) is 35.5 Å². The molecule has 2 aromatic rings. The van der Waals surface area contributed by atoms with E-state index < -0.39 is 0 Å². The number of nitrogens with one attached hydrogen (secondary N) is 1. The number of nitrogens with zero attached hydrogens (tertiary/aromatic N) is 2. The molecule has 0 atom stereocenters. The minimum atomic E-state index is 0.733. The standard InChI is InChI=1S/C11H11N3S/c1-2-12-10(7-15)11-13-8-5-3-4-6-9(8)14-11/h2-7,15H,1H3,(H,13,14)/b10-7-,12-2?. The number of hydrogen-bond acceptors (Lipinski definition) is 3. The van der Waals surface area contributed by atoms with Crippen LogP contribution in [-0.4, -0.2) is 16.2 Å². The van der Waals surface area contributed by atoms with E-state index in [1.807, 2.05) is 31.2 Å². The fourth-order valence-corrected chi connectivity index (χ4v) is 1.56. The number of para-hydroxylation sites is 2. The Morgan fingerprint density at radius 3 is 2.93 bits per heavy atom. The van der Waals surface area contributed by atoms with Gasteiger partial charge in [0.15, 0.2) is 5.82 Å². The third-order valence-electron chi connectivity index (χ3n) is 2.02. The van der Waals surface area contributed by atoms with Gasteiger partial charge >= 0.3 is 0 Å². The molecule has 1 aromatic heterocycles. The summed E-state index contributed by atoms with van der Waals surface area (Å²) >= 11 is 4.11. The number of thiol groups is 1. The van der Waals surface area contributed by atoms with Gasteiger partial charge in [0.05, 0.1) is 11.0 Å². The van der Waals surface area contributed by atoms with Crippen molar-refractivity contribution in [2.75, 3.05) is 0 Å². The van der Waals surface area contributed by atoms with Crippen LogP contribution >= 0.6 is 12.6 Å². The number of aliphatic imine (C=N–C) groups is 1. The molecule has 0 unspecified atom stereocenters. The number of aromatic nitrogens is 2. The van der Waals surface area contributed by atoms with Gasteiger partial charge in [-0.1, -0.05) is 12.1 Å². The Morgan fingerprint density at radius 2 is 2.27 bits per heavy atom. The van der Waals surface area contributed by atoms with Gasteiger partial charge in [-0.3, -0.25) is 4.99 Å². The maximum absolute atomic E-state index is 4.42. The SMILES string of the molecule is CC=N/C(=C\S)c1nc2ccccc2[nH]1. The van der Waals surface area contributed by atoms with Crippen LogP contribution in [0, 0.1) is 0 Å². The van der Waals surface area contributed by atoms with Gasteiger partial charge in [-0.25, -0.2) is 4.98 Å². The third-order valence-corrected chi connectivity index (χ3v) is 2.27. The largest absolute Gasteiger partial charge is 0.337 e. The minimum absolute atomic E-state index is 0.733. The predicted octanol–water partition coefficient (Wildman–Crippen LogP) is 2.88. The lowest BCUT2D eigenvalue weighted by atomic mass is 10.3. The lowest BCUT2D eigenvalue weighted by molar-refractivity contribution is 1.24. The maximum Gasteiger partial charge on any atom is 0.157 e. The molecule has 0 fully saturated rings. The van der Waals surface area contributed by atoms with Crippen molar-refractivity contribution in [2.24, 2.45) is 4.99 Å². The van der Waals surface area contributed by atoms with Crippen molar-refractivity contribution in [1.82, 2.24) is 9.97 Å². The Bertz CT molecular complexity index is 492. The van der Waals surface area contributed by atoms with Gasteiger partial charge in [0, 0.05) is 6.21 Å². The molecule has 2 rings (SSSR count). The van der Waals surface area contributed by atoms with E-state index in [-0.39, 0.29) is 0 Å². The molecular weight excluding hydrogens is 206 g/mol. The summed E-state index contributed by atoms with van der Waals surface area (Å²) in [6.07, 6.45) is 1.72. The van der Waals surface area contributed by atoms with E-state index >= 15 is 0 Å². The van der Waals surface area contributed by atoms with E-state index in [4.69, 9.17) is 0 Å². The normalized spacial score (nSPS) is 12.8. The van der Waals surface area contributed by atoms with Crippen LogP contribution in [0.1, 0.15) is 12.7 Å². The zero-order chi connectivity index (χ0) is 10.7. The Hall–Kier alpha value is -1.55. The molecule has 1 heterocycles. The monoisotopic (exact) mass is 217 g/mol. The van der Waals surface area contributed by atoms with Crippen LogP contribution in [0.2, 0.25) is 0 Å². The molecule has 76 valence electrons. The van der Waals surface area contributed by atoms with Crippen LogP contribution in [-0.2, 0) is 0 Å². The predicted molar refractivity (Wildman–Crippen MR) is 67.2 cm³/mol. The Kier molecular flexibility index (Phi) is 2.87. The molecular formula is C11H11N3S. The second kappa shape index (κ2) is 4.31. The van der Waals surface area contributed by atoms with Gasteiger partial charge in [-0.05, 0) is 24.5 Å². The molecule has 0 aliphatic carbocycles. The van der Waals surface area contributed by atoms with E-state index in [0.717, 1.165) is 22.6 Å². The first kappa shape index (κ1) is 9.98. The highest BCUT2D eigenvalue weighted by Gasteiger charge is 2.04. The average Bonchev–Trinajstić information content (AvgIpc) is 2.69. The van der Waals surface area contributed by atoms with Gasteiger partial charge in [-0.2, -0.15) is 0 Å². The summed E-state index contributed by atoms with van der Waals surface area (Å²) in [5.41, 5.74) is 2.68. The fraction of sp³-hybridized carbons (Fsp3) is 0.0909. The topological polar surface area (TPSA) is 41.0 Å². The quantitative estimate of drug-likeness (QED) is 0.589. The second-order valence-corrected chi connectivity index (χ2v) is 3.26. The zero-order valence-corrected chi connectivity index (χ0v) is 9.20. The van der Waals surface area contributed by atoms with Crippen molar-refractivity contribution in [2.45, 2.75) is 6.92 Å². The minimum Gasteiger partial charge on any atom is -0.337 e. The van der Waals surface area contributed by atoms with E-state index in [9.17, 15) is 0 Å². The first-order valence-corrected chi connectivity index (χ1v) is 5.15. The van der Waals surface area contributed by atoms with Gasteiger partial charge in [0.1, 0.15) is 5.70 Å². The molecule has 15 heavy (non-hydrogen) atoms. The number of rotatable bonds is 2. The zero-order valence-electron chi connectivity index (χ0n) is 8.31. The number of hydrogen-bond donors (Lipinski definition) is 2. The number of benzene rings is 1. The third kappa shape index (κ3) is 1.94. The van der Waals surface area contributed by atoms with Crippen molar-refractivity contribution in [1.29, 1.82) is 0 Å². The van der Waals surface area contributed by atoms with E-state index in [0.29, 0.717) is 0 Å². The second-order valence-electron chi connectivity index (χ2n) is 3.00. The highest BCUT2D eigenvalue weighted by molar-refractivity contribution is 7.83. The summed E-state index contributed by atoms with van der Waals surface area (Å²) < 4.78 is 0. The first-order chi connectivity index (χ1) is 7.35. The van der Waals surface area contributed by atoms with Crippen LogP contribution in [0.25, 0.3) is 16.7 Å². The van der Waals surface area contributed by atoms with Crippen molar-refractivity contribution < 1.29 is 0 Å². The summed E-state index contributed by atoms with van der Waals surface area (Å²) in [7, 11) is 0. The molecule has 4 heteroatoms. The van der Waals surface area contributed by atoms with Crippen molar-refractivity contribution >= 4 is 35.6 Å². The molecule has 0 saturated heterocycles. The van der Waals surface area contributed by atoms with Gasteiger partial charge in [0.2, 0.25) is 0 Å². The highest BCUT2D eigenvalue weighted by Crippen LogP contribution is 2.17. The molecule has 0 radical (unpaired) electrons. The number of aromatic amines is 1. The molecule has 0 bridgehead atoms. The summed E-state index contributed by atoms with van der Waals surface area (Å²) in [6.45, 7) is 1.86. The summed E-state index contributed by atoms with van der Waals surface area (Å²) in [4.78, 5) is 11.8. The summed E-state index contributed by atoms with van der Waals surface area (Å²) in [6, 6.07) is 7.87. The molecule has 0 spiro atoms. The molecule has 0 aliphatic rings. The lowest BCUT2D eigenvalue weighted by Gasteiger charge is -1.92. The van der Waals surface area contributed by atoms with Crippen LogP contribution in [0.15, 0.2) is 34.7 Å². The maximum atomic E-state index is 4.42. The summed E-state index contributed by atoms with van der Waals surface area (Å²) in [5, 5.41) is 1.64. The molecule has 0 amide bonds. The molecule has 1 aromatic carbocycles. The smallest absolute Gasteiger partial charge is 0.157 e. The van der Waals surface area contributed by atoms with E-state index in [1.165, 1.54) is 0 Å². The van der Waals surface area contributed by atoms with Crippen LogP contribution in [0.3, 0.4) is 0 Å². The number of H-pyrrole nitrogens is 1. The molecule has 0 saturated carbocycles. The lowest BCUT2D eigenvalue weighted by Crippen LogP contribution is -1.83. The Morgan fingerprint density at radius 1 is 1.47 bits per heavy atom. The van der Waals surface area contributed by atoms with Crippen molar-refractivity contribution in [3.63, 3.8) is 0 Å². The van der Waals surface area contributed by atoms with Gasteiger partial charge < -0.3 is 4.98 Å². The summed E-state index contributed by atoms with van der Waals surface area (Å²) in [5.74, 6) is 0.740. The van der Waals surface area contributed by atoms with Crippen LogP contribution in [0.5, 0.6) is 0 Å². The Balaban J connectivity index is 2.53.